The molecular weight excluding hydrogens is 348 g/mol. The van der Waals surface area contributed by atoms with Crippen LogP contribution in [0.1, 0.15) is 49.4 Å². The van der Waals surface area contributed by atoms with Crippen LogP contribution in [0.5, 0.6) is 0 Å². The number of benzene rings is 2. The van der Waals surface area contributed by atoms with Crippen LogP contribution >= 0.6 is 15.9 Å². The maximum absolute atomic E-state index is 5.00. The zero-order valence-electron chi connectivity index (χ0n) is 13.2. The van der Waals surface area contributed by atoms with Crippen LogP contribution in [-0.4, -0.2) is 9.55 Å². The number of nitrogens with zero attached hydrogens (tertiary/aromatic N) is 2. The van der Waals surface area contributed by atoms with Crippen molar-refractivity contribution in [3.63, 3.8) is 0 Å². The van der Waals surface area contributed by atoms with E-state index in [2.05, 4.69) is 69.0 Å². The van der Waals surface area contributed by atoms with Gasteiger partial charge >= 0.3 is 0 Å². The molecule has 2 nitrogen and oxygen atoms in total. The molecule has 1 heterocycles. The maximum Gasteiger partial charge on any atom is 0.113 e. The molecule has 0 bridgehead atoms. The number of hydrogen-bond donors (Lipinski definition) is 0. The Labute approximate surface area is 145 Å². The molecule has 4 rings (SSSR count). The summed E-state index contributed by atoms with van der Waals surface area (Å²) in [5.74, 6) is 1.90. The predicted molar refractivity (Wildman–Crippen MR) is 98.8 cm³/mol. The van der Waals surface area contributed by atoms with Gasteiger partial charge in [-0.25, -0.2) is 4.98 Å². The fourth-order valence-electron chi connectivity index (χ4n) is 3.71. The third kappa shape index (κ3) is 3.07. The molecule has 2 aromatic carbocycles. The van der Waals surface area contributed by atoms with E-state index in [1.807, 2.05) is 0 Å². The topological polar surface area (TPSA) is 17.8 Å². The second kappa shape index (κ2) is 6.48. The Kier molecular flexibility index (Phi) is 4.21. The maximum atomic E-state index is 5.00. The Morgan fingerprint density at radius 3 is 2.48 bits per heavy atom. The lowest BCUT2D eigenvalue weighted by Crippen LogP contribution is -2.13. The van der Waals surface area contributed by atoms with Crippen LogP contribution in [0.3, 0.4) is 0 Å². The van der Waals surface area contributed by atoms with Crippen molar-refractivity contribution in [2.75, 3.05) is 0 Å². The summed E-state index contributed by atoms with van der Waals surface area (Å²) in [6.07, 6.45) is 6.62. The fraction of sp³-hybridized carbons (Fsp3) is 0.350. The third-order valence-electron chi connectivity index (χ3n) is 4.91. The van der Waals surface area contributed by atoms with Gasteiger partial charge in [-0.15, -0.1) is 0 Å². The molecular formula is C20H21BrN2. The van der Waals surface area contributed by atoms with E-state index in [1.54, 1.807) is 0 Å². The van der Waals surface area contributed by atoms with Gasteiger partial charge in [0, 0.05) is 16.9 Å². The Hall–Kier alpha value is -1.61. The Bertz CT molecular complexity index is 798. The first kappa shape index (κ1) is 14.9. The molecule has 1 aromatic heterocycles. The minimum absolute atomic E-state index is 0.617. The van der Waals surface area contributed by atoms with Crippen molar-refractivity contribution in [3.8, 4) is 0 Å². The van der Waals surface area contributed by atoms with E-state index in [1.165, 1.54) is 49.0 Å². The smallest absolute Gasteiger partial charge is 0.113 e. The first-order chi connectivity index (χ1) is 11.3. The summed E-state index contributed by atoms with van der Waals surface area (Å²) in [7, 11) is 0. The van der Waals surface area contributed by atoms with Gasteiger partial charge < -0.3 is 4.57 Å². The van der Waals surface area contributed by atoms with Gasteiger partial charge in [-0.05, 0) is 42.7 Å². The SMILES string of the molecule is Brc1ccc(Cn2c(C3CCCCC3)nc3ccccc32)cc1. The first-order valence-corrected chi connectivity index (χ1v) is 9.30. The molecule has 0 saturated heterocycles. The molecule has 1 saturated carbocycles. The van der Waals surface area contributed by atoms with Crippen molar-refractivity contribution < 1.29 is 0 Å². The zero-order valence-corrected chi connectivity index (χ0v) is 14.8. The summed E-state index contributed by atoms with van der Waals surface area (Å²) < 4.78 is 3.57. The lowest BCUT2D eigenvalue weighted by Gasteiger charge is -2.22. The Morgan fingerprint density at radius 2 is 1.70 bits per heavy atom. The van der Waals surface area contributed by atoms with Gasteiger partial charge in [-0.2, -0.15) is 0 Å². The Morgan fingerprint density at radius 1 is 0.957 bits per heavy atom. The minimum Gasteiger partial charge on any atom is -0.323 e. The number of halogens is 1. The predicted octanol–water partition coefficient (Wildman–Crippen LogP) is 5.89. The molecule has 1 aliphatic carbocycles. The molecule has 1 fully saturated rings. The molecule has 3 aromatic rings. The minimum atomic E-state index is 0.617. The largest absolute Gasteiger partial charge is 0.323 e. The van der Waals surface area contributed by atoms with E-state index in [4.69, 9.17) is 4.98 Å². The van der Waals surface area contributed by atoms with Gasteiger partial charge in [-0.1, -0.05) is 59.5 Å². The van der Waals surface area contributed by atoms with Crippen LogP contribution in [0.15, 0.2) is 53.0 Å². The molecule has 0 atom stereocenters. The second-order valence-electron chi connectivity index (χ2n) is 6.51. The molecule has 118 valence electrons. The van der Waals surface area contributed by atoms with E-state index in [0.29, 0.717) is 5.92 Å². The molecule has 0 spiro atoms. The monoisotopic (exact) mass is 368 g/mol. The van der Waals surface area contributed by atoms with E-state index in [0.717, 1.165) is 16.5 Å². The average Bonchev–Trinajstić information content (AvgIpc) is 2.96. The molecule has 0 unspecified atom stereocenters. The second-order valence-corrected chi connectivity index (χ2v) is 7.42. The van der Waals surface area contributed by atoms with Crippen molar-refractivity contribution in [2.45, 2.75) is 44.6 Å². The van der Waals surface area contributed by atoms with E-state index < -0.39 is 0 Å². The normalized spacial score (nSPS) is 16.0. The van der Waals surface area contributed by atoms with Crippen LogP contribution in [-0.2, 0) is 6.54 Å². The fourth-order valence-corrected chi connectivity index (χ4v) is 3.97. The summed E-state index contributed by atoms with van der Waals surface area (Å²) in [6, 6.07) is 17.2. The highest BCUT2D eigenvalue weighted by Gasteiger charge is 2.22. The van der Waals surface area contributed by atoms with E-state index in [-0.39, 0.29) is 0 Å². The Balaban J connectivity index is 1.77. The first-order valence-electron chi connectivity index (χ1n) is 8.51. The van der Waals surface area contributed by atoms with Crippen molar-refractivity contribution in [3.05, 3.63) is 64.4 Å². The van der Waals surface area contributed by atoms with Crippen molar-refractivity contribution in [1.82, 2.24) is 9.55 Å². The zero-order chi connectivity index (χ0) is 15.6. The van der Waals surface area contributed by atoms with E-state index in [9.17, 15) is 0 Å². The van der Waals surface area contributed by atoms with Gasteiger partial charge in [0.2, 0.25) is 0 Å². The lowest BCUT2D eigenvalue weighted by molar-refractivity contribution is 0.420. The molecule has 0 radical (unpaired) electrons. The highest BCUT2D eigenvalue weighted by molar-refractivity contribution is 9.10. The van der Waals surface area contributed by atoms with Crippen LogP contribution in [0, 0.1) is 0 Å². The quantitative estimate of drug-likeness (QED) is 0.562. The van der Waals surface area contributed by atoms with Crippen LogP contribution in [0.4, 0.5) is 0 Å². The summed E-state index contributed by atoms with van der Waals surface area (Å²) in [6.45, 7) is 0.902. The number of fused-ring (bicyclic) bond motifs is 1. The summed E-state index contributed by atoms with van der Waals surface area (Å²) in [5, 5.41) is 0. The lowest BCUT2D eigenvalue weighted by atomic mass is 9.88. The highest BCUT2D eigenvalue weighted by Crippen LogP contribution is 2.34. The summed E-state index contributed by atoms with van der Waals surface area (Å²) in [5.41, 5.74) is 3.72. The summed E-state index contributed by atoms with van der Waals surface area (Å²) in [4.78, 5) is 5.00. The van der Waals surface area contributed by atoms with Crippen molar-refractivity contribution >= 4 is 27.0 Å². The number of aromatic nitrogens is 2. The van der Waals surface area contributed by atoms with Crippen LogP contribution < -0.4 is 0 Å². The van der Waals surface area contributed by atoms with Gasteiger partial charge in [-0.3, -0.25) is 0 Å². The molecule has 23 heavy (non-hydrogen) atoms. The molecule has 1 aliphatic rings. The van der Waals surface area contributed by atoms with Crippen LogP contribution in [0.25, 0.3) is 11.0 Å². The number of hydrogen-bond acceptors (Lipinski definition) is 1. The van der Waals surface area contributed by atoms with Crippen molar-refractivity contribution in [2.24, 2.45) is 0 Å². The highest BCUT2D eigenvalue weighted by atomic mass is 79.9. The van der Waals surface area contributed by atoms with Crippen LogP contribution in [0.2, 0.25) is 0 Å². The summed E-state index contributed by atoms with van der Waals surface area (Å²) >= 11 is 3.52. The van der Waals surface area contributed by atoms with Gasteiger partial charge in [0.05, 0.1) is 11.0 Å². The van der Waals surface area contributed by atoms with Crippen molar-refractivity contribution in [1.29, 1.82) is 0 Å². The van der Waals surface area contributed by atoms with E-state index >= 15 is 0 Å². The molecule has 0 N–H and O–H groups in total. The number of para-hydroxylation sites is 2. The standard InChI is InChI=1S/C20H21BrN2/c21-17-12-10-15(11-13-17)14-23-19-9-5-4-8-18(19)22-20(23)16-6-2-1-3-7-16/h4-5,8-13,16H,1-3,6-7,14H2. The van der Waals surface area contributed by atoms with Gasteiger partial charge in [0.15, 0.2) is 0 Å². The number of imidazole rings is 1. The molecule has 0 aliphatic heterocycles. The van der Waals surface area contributed by atoms with Gasteiger partial charge in [0.1, 0.15) is 5.82 Å². The number of rotatable bonds is 3. The van der Waals surface area contributed by atoms with Gasteiger partial charge in [0.25, 0.3) is 0 Å². The third-order valence-corrected chi connectivity index (χ3v) is 5.44. The molecule has 3 heteroatoms. The average molecular weight is 369 g/mol. The molecule has 0 amide bonds.